The van der Waals surface area contributed by atoms with E-state index in [1.54, 1.807) is 61.3 Å². The second kappa shape index (κ2) is 10.5. The highest BCUT2D eigenvalue weighted by Crippen LogP contribution is 2.27. The predicted molar refractivity (Wildman–Crippen MR) is 139 cm³/mol. The number of thiazole rings is 1. The number of ether oxygens (including phenoxy) is 3. The molecule has 10 nitrogen and oxygen atoms in total. The van der Waals surface area contributed by atoms with Gasteiger partial charge in [0, 0.05) is 22.3 Å². The van der Waals surface area contributed by atoms with Crippen molar-refractivity contribution in [3.63, 3.8) is 0 Å². The molecule has 2 fully saturated rings. The van der Waals surface area contributed by atoms with E-state index >= 15 is 0 Å². The summed E-state index contributed by atoms with van der Waals surface area (Å²) in [6, 6.07) is 13.4. The molecule has 4 amide bonds. The number of nitrogens with zero attached hydrogens (tertiary/aromatic N) is 3. The van der Waals surface area contributed by atoms with Gasteiger partial charge in [0.2, 0.25) is 0 Å². The molecule has 3 heterocycles. The van der Waals surface area contributed by atoms with E-state index in [0.29, 0.717) is 28.3 Å². The first-order valence-electron chi connectivity index (χ1n) is 11.6. The van der Waals surface area contributed by atoms with Crippen LogP contribution in [-0.2, 0) is 16.0 Å². The molecule has 2 atom stereocenters. The third-order valence-electron chi connectivity index (χ3n) is 5.79. The number of hydrogen-bond acceptors (Lipinski definition) is 8. The number of urea groups is 2. The summed E-state index contributed by atoms with van der Waals surface area (Å²) >= 11 is 7.43. The Morgan fingerprint density at radius 1 is 1.19 bits per heavy atom. The van der Waals surface area contributed by atoms with Crippen LogP contribution in [0.5, 0.6) is 10.9 Å². The Kier molecular flexibility index (Phi) is 7.20. The summed E-state index contributed by atoms with van der Waals surface area (Å²) in [6.45, 7) is 4.19. The van der Waals surface area contributed by atoms with Gasteiger partial charge in [-0.25, -0.2) is 19.5 Å². The maximum Gasteiger partial charge on any atom is 0.331 e. The van der Waals surface area contributed by atoms with E-state index in [1.807, 2.05) is 17.5 Å². The van der Waals surface area contributed by atoms with Gasteiger partial charge in [0.05, 0.1) is 19.7 Å². The molecule has 2 N–H and O–H groups in total. The SMILES string of the molecule is CC1(C)OC[C@H](CN2C(=O)NC(Nc3ccc(Oc4nccs4)cc3)N(Cc3ccc(Cl)cc3)C2=O)O1. The minimum Gasteiger partial charge on any atom is -0.431 e. The van der Waals surface area contributed by atoms with E-state index in [4.69, 9.17) is 25.8 Å². The highest BCUT2D eigenvalue weighted by Gasteiger charge is 2.42. The Bertz CT molecular complexity index is 1240. The summed E-state index contributed by atoms with van der Waals surface area (Å²) in [7, 11) is 0. The van der Waals surface area contributed by atoms with Crippen LogP contribution in [-0.4, -0.2) is 58.2 Å². The highest BCUT2D eigenvalue weighted by atomic mass is 35.5. The fourth-order valence-electron chi connectivity index (χ4n) is 4.04. The zero-order chi connectivity index (χ0) is 26.0. The van der Waals surface area contributed by atoms with Gasteiger partial charge in [-0.1, -0.05) is 35.1 Å². The average molecular weight is 544 g/mol. The van der Waals surface area contributed by atoms with Crippen LogP contribution < -0.4 is 15.4 Å². The predicted octanol–water partition coefficient (Wildman–Crippen LogP) is 5.08. The molecular formula is C25H26ClN5O5S. The maximum absolute atomic E-state index is 13.6. The quantitative estimate of drug-likeness (QED) is 0.408. The van der Waals surface area contributed by atoms with Crippen molar-refractivity contribution in [2.75, 3.05) is 18.5 Å². The van der Waals surface area contributed by atoms with Gasteiger partial charge < -0.3 is 19.5 Å². The lowest BCUT2D eigenvalue weighted by molar-refractivity contribution is -0.139. The Labute approximate surface area is 223 Å². The van der Waals surface area contributed by atoms with Crippen LogP contribution in [0.1, 0.15) is 19.4 Å². The van der Waals surface area contributed by atoms with Crippen LogP contribution in [0.25, 0.3) is 0 Å². The van der Waals surface area contributed by atoms with Crippen LogP contribution in [0.3, 0.4) is 0 Å². The lowest BCUT2D eigenvalue weighted by Gasteiger charge is -2.42. The third-order valence-corrected chi connectivity index (χ3v) is 6.69. The number of hydrogen-bond donors (Lipinski definition) is 2. The summed E-state index contributed by atoms with van der Waals surface area (Å²) < 4.78 is 17.1. The molecule has 12 heteroatoms. The topological polar surface area (TPSA) is 105 Å². The third kappa shape index (κ3) is 6.13. The molecule has 2 aromatic carbocycles. The van der Waals surface area contributed by atoms with Gasteiger partial charge in [-0.05, 0) is 55.8 Å². The standard InChI is InChI=1S/C25H26ClN5O5S/c1-25(2)34-15-20(36-25)14-31-22(32)29-21(30(24(31)33)13-16-3-5-17(26)6-4-16)28-18-7-9-19(10-8-18)35-23-27-11-12-37-23/h3-12,20-21,28H,13-15H2,1-2H3,(H,29,32)/t20-,21?/m0/s1. The highest BCUT2D eigenvalue weighted by molar-refractivity contribution is 7.11. The number of rotatable bonds is 8. The van der Waals surface area contributed by atoms with Crippen molar-refractivity contribution in [3.8, 4) is 10.9 Å². The summed E-state index contributed by atoms with van der Waals surface area (Å²) in [5.41, 5.74) is 1.54. The van der Waals surface area contributed by atoms with Crippen LogP contribution in [0.2, 0.25) is 5.02 Å². The van der Waals surface area contributed by atoms with Gasteiger partial charge in [0.25, 0.3) is 5.19 Å². The molecule has 0 aliphatic carbocycles. The molecule has 1 aromatic heterocycles. The molecule has 2 aliphatic heterocycles. The monoisotopic (exact) mass is 543 g/mol. The van der Waals surface area contributed by atoms with Crippen LogP contribution in [0.4, 0.5) is 15.3 Å². The molecule has 0 spiro atoms. The number of imide groups is 1. The Morgan fingerprint density at radius 3 is 2.59 bits per heavy atom. The molecule has 5 rings (SSSR count). The Balaban J connectivity index is 1.33. The van der Waals surface area contributed by atoms with E-state index in [-0.39, 0.29) is 13.1 Å². The van der Waals surface area contributed by atoms with Crippen molar-refractivity contribution in [2.45, 2.75) is 38.6 Å². The summed E-state index contributed by atoms with van der Waals surface area (Å²) in [4.78, 5) is 33.4. The van der Waals surface area contributed by atoms with Gasteiger partial charge in [-0.15, -0.1) is 0 Å². The van der Waals surface area contributed by atoms with Crippen LogP contribution >= 0.6 is 22.9 Å². The Hall–Kier alpha value is -3.38. The molecular weight excluding hydrogens is 518 g/mol. The normalized spacial score (nSPS) is 21.2. The molecule has 0 saturated carbocycles. The molecule has 2 aliphatic rings. The molecule has 194 valence electrons. The van der Waals surface area contributed by atoms with Crippen molar-refractivity contribution in [3.05, 3.63) is 70.7 Å². The van der Waals surface area contributed by atoms with Gasteiger partial charge >= 0.3 is 12.1 Å². The number of nitrogens with one attached hydrogen (secondary N) is 2. The number of anilines is 1. The van der Waals surface area contributed by atoms with E-state index in [1.165, 1.54) is 11.3 Å². The minimum atomic E-state index is -0.796. The largest absolute Gasteiger partial charge is 0.431 e. The van der Waals surface area contributed by atoms with E-state index in [9.17, 15) is 9.59 Å². The van der Waals surface area contributed by atoms with Gasteiger partial charge in [0.1, 0.15) is 11.9 Å². The number of carbonyl (C=O) groups excluding carboxylic acids is 2. The zero-order valence-corrected chi connectivity index (χ0v) is 21.8. The molecule has 2 saturated heterocycles. The number of amides is 4. The van der Waals surface area contributed by atoms with Gasteiger partial charge in [-0.2, -0.15) is 0 Å². The van der Waals surface area contributed by atoms with Crippen LogP contribution in [0.15, 0.2) is 60.1 Å². The molecule has 3 aromatic rings. The van der Waals surface area contributed by atoms with E-state index in [0.717, 1.165) is 10.5 Å². The van der Waals surface area contributed by atoms with Gasteiger partial charge in [-0.3, -0.25) is 10.2 Å². The molecule has 1 unspecified atom stereocenters. The second-order valence-corrected chi connectivity index (χ2v) is 10.3. The number of carbonyl (C=O) groups is 2. The van der Waals surface area contributed by atoms with Crippen molar-refractivity contribution in [2.24, 2.45) is 0 Å². The van der Waals surface area contributed by atoms with E-state index in [2.05, 4.69) is 15.6 Å². The fraction of sp³-hybridized carbons (Fsp3) is 0.320. The summed E-state index contributed by atoms with van der Waals surface area (Å²) in [5, 5.41) is 9.10. The van der Waals surface area contributed by atoms with Gasteiger partial charge in [0.15, 0.2) is 12.1 Å². The summed E-state index contributed by atoms with van der Waals surface area (Å²) in [5.74, 6) is -0.141. The van der Waals surface area contributed by atoms with Crippen molar-refractivity contribution in [1.82, 2.24) is 20.1 Å². The van der Waals surface area contributed by atoms with Crippen molar-refractivity contribution < 1.29 is 23.8 Å². The van der Waals surface area contributed by atoms with E-state index < -0.39 is 30.2 Å². The lowest BCUT2D eigenvalue weighted by Crippen LogP contribution is -2.67. The van der Waals surface area contributed by atoms with Crippen molar-refractivity contribution >= 4 is 40.7 Å². The second-order valence-electron chi connectivity index (χ2n) is 9.02. The smallest absolute Gasteiger partial charge is 0.331 e. The maximum atomic E-state index is 13.6. The first kappa shape index (κ1) is 25.3. The molecule has 0 radical (unpaired) electrons. The Morgan fingerprint density at radius 2 is 1.95 bits per heavy atom. The number of benzene rings is 2. The van der Waals surface area contributed by atoms with Crippen molar-refractivity contribution in [1.29, 1.82) is 0 Å². The molecule has 0 bridgehead atoms. The first-order chi connectivity index (χ1) is 17.8. The molecule has 37 heavy (non-hydrogen) atoms. The lowest BCUT2D eigenvalue weighted by atomic mass is 10.2. The number of aromatic nitrogens is 1. The minimum absolute atomic E-state index is 0.0702. The first-order valence-corrected chi connectivity index (χ1v) is 12.9. The fourth-order valence-corrected chi connectivity index (χ4v) is 4.67. The van der Waals surface area contributed by atoms with Crippen LogP contribution in [0, 0.1) is 0 Å². The average Bonchev–Trinajstić information content (AvgIpc) is 3.50. The number of halogens is 1. The summed E-state index contributed by atoms with van der Waals surface area (Å²) in [6.07, 6.45) is 0.455. The zero-order valence-electron chi connectivity index (χ0n) is 20.2.